The number of nitrogens with zero attached hydrogens (tertiary/aromatic N) is 1. The molecule has 1 aromatic heterocycles. The van der Waals surface area contributed by atoms with Gasteiger partial charge in [-0.15, -0.1) is 11.8 Å². The number of halogens is 4. The van der Waals surface area contributed by atoms with Crippen molar-refractivity contribution in [1.29, 1.82) is 0 Å². The highest BCUT2D eigenvalue weighted by molar-refractivity contribution is 7.99. The Morgan fingerprint density at radius 3 is 2.55 bits per heavy atom. The average molecular weight is 479 g/mol. The molecule has 0 aliphatic heterocycles. The van der Waals surface area contributed by atoms with Gasteiger partial charge in [0.25, 0.3) is 0 Å². The molecule has 0 atom stereocenters. The monoisotopic (exact) mass is 478 g/mol. The quantitative estimate of drug-likeness (QED) is 0.275. The summed E-state index contributed by atoms with van der Waals surface area (Å²) in [5, 5.41) is 0.601. The van der Waals surface area contributed by atoms with E-state index < -0.39 is 6.61 Å². The SMILES string of the molecule is CCSc1ccc(Cc2nc3c(Cl)c(-c4ccccc4OC(F)F)c(Cl)cc3[nH]2)cc1. The van der Waals surface area contributed by atoms with E-state index in [1.54, 1.807) is 36.0 Å². The van der Waals surface area contributed by atoms with E-state index in [9.17, 15) is 8.78 Å². The molecular weight excluding hydrogens is 461 g/mol. The van der Waals surface area contributed by atoms with Crippen LogP contribution in [0.4, 0.5) is 8.78 Å². The van der Waals surface area contributed by atoms with Gasteiger partial charge < -0.3 is 9.72 Å². The van der Waals surface area contributed by atoms with Crippen molar-refractivity contribution in [2.45, 2.75) is 24.9 Å². The molecule has 4 rings (SSSR count). The molecule has 1 heterocycles. The molecule has 0 radical (unpaired) electrons. The Morgan fingerprint density at radius 2 is 1.84 bits per heavy atom. The molecule has 4 aromatic rings. The molecule has 3 nitrogen and oxygen atoms in total. The van der Waals surface area contributed by atoms with Crippen LogP contribution >= 0.6 is 35.0 Å². The summed E-state index contributed by atoms with van der Waals surface area (Å²) in [4.78, 5) is 9.12. The highest BCUT2D eigenvalue weighted by Crippen LogP contribution is 2.43. The smallest absolute Gasteiger partial charge is 0.387 e. The number of ether oxygens (including phenoxy) is 1. The predicted octanol–water partition coefficient (Wildman–Crippen LogP) is 7.84. The van der Waals surface area contributed by atoms with Crippen LogP contribution in [-0.2, 0) is 6.42 Å². The molecule has 8 heteroatoms. The van der Waals surface area contributed by atoms with Gasteiger partial charge in [-0.05, 0) is 35.6 Å². The molecular formula is C23H18Cl2F2N2OS. The number of fused-ring (bicyclic) bond motifs is 1. The molecule has 0 aliphatic rings. The highest BCUT2D eigenvalue weighted by atomic mass is 35.5. The van der Waals surface area contributed by atoms with Gasteiger partial charge in [0, 0.05) is 22.4 Å². The van der Waals surface area contributed by atoms with Crippen molar-refractivity contribution in [3.8, 4) is 16.9 Å². The Kier molecular flexibility index (Phi) is 6.70. The Bertz CT molecular complexity index is 1210. The van der Waals surface area contributed by atoms with Gasteiger partial charge in [-0.1, -0.05) is 60.5 Å². The van der Waals surface area contributed by atoms with Crippen molar-refractivity contribution >= 4 is 46.0 Å². The summed E-state index contributed by atoms with van der Waals surface area (Å²) in [5.74, 6) is 1.76. The van der Waals surface area contributed by atoms with Crippen LogP contribution in [0.1, 0.15) is 18.3 Å². The molecule has 0 fully saturated rings. The third-order valence-electron chi connectivity index (χ3n) is 4.70. The van der Waals surface area contributed by atoms with E-state index in [4.69, 9.17) is 23.2 Å². The minimum atomic E-state index is -2.96. The second kappa shape index (κ2) is 9.47. The van der Waals surface area contributed by atoms with Crippen LogP contribution in [0, 0.1) is 0 Å². The van der Waals surface area contributed by atoms with Crippen LogP contribution in [0.2, 0.25) is 10.0 Å². The number of para-hydroxylation sites is 1. The third-order valence-corrected chi connectivity index (χ3v) is 6.26. The van der Waals surface area contributed by atoms with E-state index in [1.807, 2.05) is 0 Å². The van der Waals surface area contributed by atoms with Crippen molar-refractivity contribution in [2.75, 3.05) is 5.75 Å². The van der Waals surface area contributed by atoms with Gasteiger partial charge in [0.1, 0.15) is 17.1 Å². The van der Waals surface area contributed by atoms with Crippen LogP contribution in [0.3, 0.4) is 0 Å². The van der Waals surface area contributed by atoms with Crippen LogP contribution < -0.4 is 4.74 Å². The van der Waals surface area contributed by atoms with Gasteiger partial charge in [-0.25, -0.2) is 4.98 Å². The van der Waals surface area contributed by atoms with Crippen LogP contribution in [0.5, 0.6) is 5.75 Å². The number of nitrogens with one attached hydrogen (secondary N) is 1. The van der Waals surface area contributed by atoms with E-state index >= 15 is 0 Å². The number of H-pyrrole nitrogens is 1. The molecule has 0 saturated heterocycles. The lowest BCUT2D eigenvalue weighted by molar-refractivity contribution is -0.0494. The number of hydrogen-bond donors (Lipinski definition) is 1. The van der Waals surface area contributed by atoms with Crippen molar-refractivity contribution < 1.29 is 13.5 Å². The Labute approximate surface area is 192 Å². The van der Waals surface area contributed by atoms with Crippen LogP contribution in [-0.4, -0.2) is 22.3 Å². The van der Waals surface area contributed by atoms with Crippen molar-refractivity contribution in [3.05, 3.63) is 76.0 Å². The maximum Gasteiger partial charge on any atom is 0.387 e. The minimum absolute atomic E-state index is 0.00134. The molecule has 0 amide bonds. The number of alkyl halides is 2. The Hall–Kier alpha value is -2.28. The summed E-state index contributed by atoms with van der Waals surface area (Å²) < 4.78 is 30.3. The highest BCUT2D eigenvalue weighted by Gasteiger charge is 2.20. The number of rotatable bonds is 7. The number of aromatic amines is 1. The second-order valence-electron chi connectivity index (χ2n) is 6.76. The van der Waals surface area contributed by atoms with E-state index in [-0.39, 0.29) is 10.8 Å². The number of thioether (sulfide) groups is 1. The lowest BCUT2D eigenvalue weighted by Crippen LogP contribution is -2.03. The summed E-state index contributed by atoms with van der Waals surface area (Å²) in [6.07, 6.45) is 0.597. The largest absolute Gasteiger partial charge is 0.434 e. The molecule has 0 saturated carbocycles. The average Bonchev–Trinajstić information content (AvgIpc) is 3.13. The summed E-state index contributed by atoms with van der Waals surface area (Å²) >= 11 is 14.9. The van der Waals surface area contributed by atoms with Gasteiger partial charge in [0.2, 0.25) is 0 Å². The molecule has 3 aromatic carbocycles. The fourth-order valence-corrected chi connectivity index (χ4v) is 4.76. The first-order valence-corrected chi connectivity index (χ1v) is 11.3. The normalized spacial score (nSPS) is 11.4. The molecule has 0 bridgehead atoms. The lowest BCUT2D eigenvalue weighted by Gasteiger charge is -2.13. The number of hydrogen-bond acceptors (Lipinski definition) is 3. The maximum absolute atomic E-state index is 12.8. The van der Waals surface area contributed by atoms with E-state index in [1.165, 1.54) is 11.0 Å². The zero-order valence-electron chi connectivity index (χ0n) is 16.5. The van der Waals surface area contributed by atoms with Gasteiger partial charge in [0.15, 0.2) is 0 Å². The predicted molar refractivity (Wildman–Crippen MR) is 124 cm³/mol. The zero-order chi connectivity index (χ0) is 22.0. The van der Waals surface area contributed by atoms with Crippen molar-refractivity contribution in [3.63, 3.8) is 0 Å². The van der Waals surface area contributed by atoms with E-state index in [0.29, 0.717) is 33.6 Å². The van der Waals surface area contributed by atoms with Crippen LogP contribution in [0.15, 0.2) is 59.5 Å². The first-order chi connectivity index (χ1) is 15.0. The van der Waals surface area contributed by atoms with Gasteiger partial charge in [0.05, 0.1) is 15.6 Å². The summed E-state index contributed by atoms with van der Waals surface area (Å²) in [6.45, 7) is -0.838. The van der Waals surface area contributed by atoms with Gasteiger partial charge >= 0.3 is 6.61 Å². The first kappa shape index (κ1) is 21.9. The molecule has 1 N–H and O–H groups in total. The zero-order valence-corrected chi connectivity index (χ0v) is 18.8. The van der Waals surface area contributed by atoms with Gasteiger partial charge in [-0.3, -0.25) is 0 Å². The van der Waals surface area contributed by atoms with Crippen molar-refractivity contribution in [2.24, 2.45) is 0 Å². The molecule has 0 aliphatic carbocycles. The number of benzene rings is 3. The fourth-order valence-electron chi connectivity index (χ4n) is 3.40. The maximum atomic E-state index is 12.8. The fraction of sp³-hybridized carbons (Fsp3) is 0.174. The topological polar surface area (TPSA) is 37.9 Å². The van der Waals surface area contributed by atoms with Crippen LogP contribution in [0.25, 0.3) is 22.2 Å². The second-order valence-corrected chi connectivity index (χ2v) is 8.88. The number of aromatic nitrogens is 2. The molecule has 31 heavy (non-hydrogen) atoms. The minimum Gasteiger partial charge on any atom is -0.434 e. The first-order valence-electron chi connectivity index (χ1n) is 9.58. The molecule has 0 unspecified atom stereocenters. The summed E-state index contributed by atoms with van der Waals surface area (Å²) in [5.41, 5.74) is 3.11. The lowest BCUT2D eigenvalue weighted by atomic mass is 10.0. The number of imidazole rings is 1. The summed E-state index contributed by atoms with van der Waals surface area (Å²) in [6, 6.07) is 16.4. The standard InChI is InChI=1S/C23H18Cl2F2N2OS/c1-2-31-14-9-7-13(8-10-14)11-19-28-17-12-16(24)20(21(25)22(17)29-19)15-5-3-4-6-18(15)30-23(26)27/h3-10,12,23H,2,11H2,1H3,(H,28,29). The van der Waals surface area contributed by atoms with Gasteiger partial charge in [-0.2, -0.15) is 8.78 Å². The summed E-state index contributed by atoms with van der Waals surface area (Å²) in [7, 11) is 0. The molecule has 0 spiro atoms. The third kappa shape index (κ3) is 4.81. The van der Waals surface area contributed by atoms with E-state index in [2.05, 4.69) is 45.9 Å². The van der Waals surface area contributed by atoms with Crippen molar-refractivity contribution in [1.82, 2.24) is 9.97 Å². The molecule has 160 valence electrons. The van der Waals surface area contributed by atoms with E-state index in [0.717, 1.165) is 17.1 Å². The Morgan fingerprint density at radius 1 is 1.10 bits per heavy atom. The Balaban J connectivity index is 1.71.